The van der Waals surface area contributed by atoms with Crippen molar-refractivity contribution in [2.75, 3.05) is 25.6 Å². The van der Waals surface area contributed by atoms with Gasteiger partial charge in [0.1, 0.15) is 11.1 Å². The largest absolute Gasteiger partial charge is 0.493 e. The van der Waals surface area contributed by atoms with Gasteiger partial charge >= 0.3 is 0 Å². The topological polar surface area (TPSA) is 65.3 Å². The van der Waals surface area contributed by atoms with Gasteiger partial charge in [-0.05, 0) is 12.1 Å². The van der Waals surface area contributed by atoms with Crippen LogP contribution in [-0.2, 0) is 0 Å². The molecule has 1 aromatic rings. The van der Waals surface area contributed by atoms with Gasteiger partial charge in [0, 0.05) is 6.54 Å². The first-order chi connectivity index (χ1) is 7.24. The summed E-state index contributed by atoms with van der Waals surface area (Å²) in [4.78, 5) is 0. The van der Waals surface area contributed by atoms with E-state index in [1.807, 2.05) is 6.07 Å². The van der Waals surface area contributed by atoms with Gasteiger partial charge in [-0.3, -0.25) is 0 Å². The molecule has 0 aliphatic heterocycles. The highest BCUT2D eigenvalue weighted by Gasteiger charge is 2.11. The predicted molar refractivity (Wildman–Crippen MR) is 58.3 cm³/mol. The van der Waals surface area contributed by atoms with Crippen LogP contribution in [0.4, 0.5) is 5.69 Å². The van der Waals surface area contributed by atoms with Crippen molar-refractivity contribution in [2.45, 2.75) is 0 Å². The Hall–Kier alpha value is -1.44. The fourth-order valence-electron chi connectivity index (χ4n) is 1.17. The van der Waals surface area contributed by atoms with E-state index in [4.69, 9.17) is 26.7 Å². The maximum atomic E-state index is 8.75. The molecule has 0 saturated heterocycles. The minimum Gasteiger partial charge on any atom is -0.493 e. The van der Waals surface area contributed by atoms with Crippen LogP contribution in [-0.4, -0.2) is 25.4 Å². The number of methoxy groups -OCH3 is 1. The van der Waals surface area contributed by atoms with Crippen LogP contribution in [0.5, 0.6) is 5.75 Å². The maximum absolute atomic E-state index is 8.75. The number of aliphatic hydroxyl groups excluding tert-OH is 1. The van der Waals surface area contributed by atoms with E-state index in [9.17, 15) is 0 Å². The summed E-state index contributed by atoms with van der Waals surface area (Å²) in [5.41, 5.74) is 1.03. The number of anilines is 1. The van der Waals surface area contributed by atoms with E-state index in [-0.39, 0.29) is 11.6 Å². The predicted octanol–water partition coefficient (Wildman–Crippen LogP) is 1.62. The molecule has 5 heteroatoms. The SMILES string of the molecule is COc1c(NCCO)ccc(C#N)c1Cl. The standard InChI is InChI=1S/C10H11ClN2O2/c1-15-10-8(13-4-5-14)3-2-7(6-12)9(10)11/h2-3,13-14H,4-5H2,1H3. The van der Waals surface area contributed by atoms with Gasteiger partial charge < -0.3 is 15.2 Å². The first-order valence-electron chi connectivity index (χ1n) is 4.36. The molecule has 15 heavy (non-hydrogen) atoms. The highest BCUT2D eigenvalue weighted by atomic mass is 35.5. The zero-order chi connectivity index (χ0) is 11.3. The van der Waals surface area contributed by atoms with Crippen LogP contribution in [0.25, 0.3) is 0 Å². The van der Waals surface area contributed by atoms with Gasteiger partial charge in [-0.25, -0.2) is 0 Å². The molecule has 0 atom stereocenters. The highest BCUT2D eigenvalue weighted by Crippen LogP contribution is 2.35. The molecular weight excluding hydrogens is 216 g/mol. The number of hydrogen-bond acceptors (Lipinski definition) is 4. The number of rotatable bonds is 4. The molecule has 0 heterocycles. The Labute approximate surface area is 93.0 Å². The van der Waals surface area contributed by atoms with E-state index in [1.54, 1.807) is 12.1 Å². The van der Waals surface area contributed by atoms with Gasteiger partial charge in [-0.1, -0.05) is 11.6 Å². The fraction of sp³-hybridized carbons (Fsp3) is 0.300. The molecule has 0 aliphatic carbocycles. The highest BCUT2D eigenvalue weighted by molar-refractivity contribution is 6.33. The minimum atomic E-state index is 0.0147. The number of nitrogens with zero attached hydrogens (tertiary/aromatic N) is 1. The third-order valence-electron chi connectivity index (χ3n) is 1.85. The molecule has 0 amide bonds. The molecular formula is C10H11ClN2O2. The van der Waals surface area contributed by atoms with Gasteiger partial charge in [0.05, 0.1) is 25.0 Å². The van der Waals surface area contributed by atoms with Crippen molar-refractivity contribution in [3.8, 4) is 11.8 Å². The summed E-state index contributed by atoms with van der Waals surface area (Å²) in [6.07, 6.45) is 0. The number of benzene rings is 1. The van der Waals surface area contributed by atoms with Crippen LogP contribution < -0.4 is 10.1 Å². The summed E-state index contributed by atoms with van der Waals surface area (Å²) in [7, 11) is 1.48. The van der Waals surface area contributed by atoms with Gasteiger partial charge in [0.15, 0.2) is 5.75 Å². The van der Waals surface area contributed by atoms with Crippen LogP contribution in [0.3, 0.4) is 0 Å². The van der Waals surface area contributed by atoms with Crippen LogP contribution >= 0.6 is 11.6 Å². The second-order valence-corrected chi connectivity index (χ2v) is 3.15. The quantitative estimate of drug-likeness (QED) is 0.819. The van der Waals surface area contributed by atoms with Gasteiger partial charge in [-0.15, -0.1) is 0 Å². The van der Waals surface area contributed by atoms with Crippen molar-refractivity contribution in [2.24, 2.45) is 0 Å². The molecule has 0 saturated carbocycles. The third kappa shape index (κ3) is 2.52. The van der Waals surface area contributed by atoms with Crippen molar-refractivity contribution >= 4 is 17.3 Å². The molecule has 0 aliphatic rings. The minimum absolute atomic E-state index is 0.0147. The molecule has 0 radical (unpaired) electrons. The van der Waals surface area contributed by atoms with Gasteiger partial charge in [-0.2, -0.15) is 5.26 Å². The number of nitrogens with one attached hydrogen (secondary N) is 1. The first kappa shape index (κ1) is 11.6. The smallest absolute Gasteiger partial charge is 0.161 e. The van der Waals surface area contributed by atoms with Crippen molar-refractivity contribution in [3.63, 3.8) is 0 Å². The third-order valence-corrected chi connectivity index (χ3v) is 2.22. The Bertz CT molecular complexity index is 388. The summed E-state index contributed by atoms with van der Waals surface area (Å²) in [6.45, 7) is 0.416. The maximum Gasteiger partial charge on any atom is 0.161 e. The lowest BCUT2D eigenvalue weighted by Crippen LogP contribution is -2.07. The van der Waals surface area contributed by atoms with E-state index < -0.39 is 0 Å². The Morgan fingerprint density at radius 2 is 2.33 bits per heavy atom. The molecule has 0 unspecified atom stereocenters. The lowest BCUT2D eigenvalue weighted by molar-refractivity contribution is 0.311. The number of nitriles is 1. The van der Waals surface area contributed by atoms with Gasteiger partial charge in [0.25, 0.3) is 0 Å². The molecule has 0 fully saturated rings. The Balaban J connectivity index is 3.08. The van der Waals surface area contributed by atoms with Crippen LogP contribution in [0.2, 0.25) is 5.02 Å². The molecule has 2 N–H and O–H groups in total. The fourth-order valence-corrected chi connectivity index (χ4v) is 1.46. The second-order valence-electron chi connectivity index (χ2n) is 2.77. The molecule has 1 aromatic carbocycles. The number of ether oxygens (including phenoxy) is 1. The lowest BCUT2D eigenvalue weighted by Gasteiger charge is -2.12. The average Bonchev–Trinajstić information content (AvgIpc) is 2.26. The zero-order valence-corrected chi connectivity index (χ0v) is 9.01. The number of hydrogen-bond donors (Lipinski definition) is 2. The van der Waals surface area contributed by atoms with Crippen molar-refractivity contribution < 1.29 is 9.84 Å². The molecule has 0 spiro atoms. The Morgan fingerprint density at radius 3 is 2.87 bits per heavy atom. The summed E-state index contributed by atoms with van der Waals surface area (Å²) < 4.78 is 5.09. The van der Waals surface area contributed by atoms with Crippen LogP contribution in [0.1, 0.15) is 5.56 Å². The molecule has 4 nitrogen and oxygen atoms in total. The Kier molecular flexibility index (Phi) is 4.22. The Morgan fingerprint density at radius 1 is 1.60 bits per heavy atom. The second kappa shape index (κ2) is 5.44. The normalized spacial score (nSPS) is 9.47. The lowest BCUT2D eigenvalue weighted by atomic mass is 10.2. The van der Waals surface area contributed by atoms with E-state index >= 15 is 0 Å². The number of aliphatic hydroxyl groups is 1. The summed E-state index contributed by atoms with van der Waals surface area (Å²) in [5, 5.41) is 20.6. The summed E-state index contributed by atoms with van der Waals surface area (Å²) in [5.74, 6) is 0.421. The van der Waals surface area contributed by atoms with E-state index in [0.717, 1.165) is 0 Å². The monoisotopic (exact) mass is 226 g/mol. The van der Waals surface area contributed by atoms with Crippen LogP contribution in [0.15, 0.2) is 12.1 Å². The van der Waals surface area contributed by atoms with E-state index in [2.05, 4.69) is 5.32 Å². The van der Waals surface area contributed by atoms with Crippen LogP contribution in [0, 0.1) is 11.3 Å². The number of halogens is 1. The van der Waals surface area contributed by atoms with E-state index in [1.165, 1.54) is 7.11 Å². The zero-order valence-electron chi connectivity index (χ0n) is 8.25. The average molecular weight is 227 g/mol. The molecule has 0 aromatic heterocycles. The van der Waals surface area contributed by atoms with E-state index in [0.29, 0.717) is 23.5 Å². The van der Waals surface area contributed by atoms with Gasteiger partial charge in [0.2, 0.25) is 0 Å². The van der Waals surface area contributed by atoms with Crippen molar-refractivity contribution in [3.05, 3.63) is 22.7 Å². The molecule has 1 rings (SSSR count). The van der Waals surface area contributed by atoms with Crippen molar-refractivity contribution in [1.82, 2.24) is 0 Å². The summed E-state index contributed by atoms with van der Waals surface area (Å²) in [6, 6.07) is 5.26. The van der Waals surface area contributed by atoms with Crippen molar-refractivity contribution in [1.29, 1.82) is 5.26 Å². The molecule has 0 bridgehead atoms. The first-order valence-corrected chi connectivity index (χ1v) is 4.73. The summed E-state index contributed by atoms with van der Waals surface area (Å²) >= 11 is 5.94. The molecule has 80 valence electrons.